The van der Waals surface area contributed by atoms with Gasteiger partial charge in [-0.1, -0.05) is 50.2 Å². The molecular weight excluding hydrogens is 1160 g/mol. The van der Waals surface area contributed by atoms with Crippen molar-refractivity contribution in [2.24, 2.45) is 11.7 Å². The Morgan fingerprint density at radius 1 is 0.697 bits per heavy atom. The number of imide groups is 1. The predicted molar refractivity (Wildman–Crippen MR) is 323 cm³/mol. The Labute approximate surface area is 513 Å². The first-order valence-electron chi connectivity index (χ1n) is 29.2. The zero-order valence-corrected chi connectivity index (χ0v) is 49.9. The number of unbranched alkanes of at least 4 members (excludes halogenated alkanes) is 1. The second kappa shape index (κ2) is 35.4. The molecule has 3 aromatic heterocycles. The van der Waals surface area contributed by atoms with E-state index in [2.05, 4.69) is 36.6 Å². The number of nitrogens with two attached hydrogens (primary N) is 1. The van der Waals surface area contributed by atoms with Crippen LogP contribution in [0.1, 0.15) is 63.0 Å². The van der Waals surface area contributed by atoms with Crippen LogP contribution in [0.3, 0.4) is 0 Å². The molecule has 2 atom stereocenters. The van der Waals surface area contributed by atoms with Gasteiger partial charge in [-0.25, -0.2) is 28.9 Å². The molecule has 8 N–H and O–H groups in total. The van der Waals surface area contributed by atoms with Crippen LogP contribution in [-0.4, -0.2) is 163 Å². The number of nitrogens with one attached hydrogen (secondary N) is 6. The van der Waals surface area contributed by atoms with Gasteiger partial charge >= 0.3 is 12.1 Å². The largest absolute Gasteiger partial charge is 0.483 e. The Kier molecular flexibility index (Phi) is 26.7. The second-order valence-electron chi connectivity index (χ2n) is 20.6. The van der Waals surface area contributed by atoms with Crippen molar-refractivity contribution in [1.82, 2.24) is 51.1 Å². The predicted octanol–water partition coefficient (Wildman–Crippen LogP) is 5.59. The number of fused-ring (bicyclic) bond motifs is 1. The molecule has 0 spiro atoms. The van der Waals surface area contributed by atoms with Crippen molar-refractivity contribution in [1.29, 1.82) is 0 Å². The van der Waals surface area contributed by atoms with E-state index in [0.29, 0.717) is 96.9 Å². The van der Waals surface area contributed by atoms with Crippen LogP contribution in [0.2, 0.25) is 0 Å². The van der Waals surface area contributed by atoms with E-state index in [0.717, 1.165) is 16.2 Å². The first kappa shape index (κ1) is 67.1. The van der Waals surface area contributed by atoms with E-state index in [1.165, 1.54) is 18.2 Å². The number of nitrogens with zero attached hydrogens (tertiary/aromatic N) is 5. The first-order chi connectivity index (χ1) is 43.1. The van der Waals surface area contributed by atoms with Gasteiger partial charge in [0, 0.05) is 48.6 Å². The molecule has 0 saturated carbocycles. The fourth-order valence-electron chi connectivity index (χ4n) is 8.76. The molecule has 8 amide bonds. The lowest BCUT2D eigenvalue weighted by molar-refractivity contribution is -0.137. The number of alkyl carbamates (subject to hydrolysis) is 1. The van der Waals surface area contributed by atoms with Gasteiger partial charge < -0.3 is 70.5 Å². The van der Waals surface area contributed by atoms with Crippen LogP contribution >= 0.6 is 0 Å². The van der Waals surface area contributed by atoms with E-state index in [1.807, 2.05) is 43.3 Å². The summed E-state index contributed by atoms with van der Waals surface area (Å²) in [4.78, 5) is 110. The Morgan fingerprint density at radius 3 is 2.11 bits per heavy atom. The van der Waals surface area contributed by atoms with Gasteiger partial charge in [-0.2, -0.15) is 0 Å². The van der Waals surface area contributed by atoms with Crippen molar-refractivity contribution in [3.8, 4) is 34.3 Å². The second-order valence-corrected chi connectivity index (χ2v) is 20.6. The molecule has 0 aliphatic carbocycles. The quantitative estimate of drug-likeness (QED) is 0.0183. The summed E-state index contributed by atoms with van der Waals surface area (Å²) in [7, 11) is 0. The number of hydrogen-bond donors (Lipinski definition) is 7. The van der Waals surface area contributed by atoms with Gasteiger partial charge in [0.15, 0.2) is 11.6 Å². The number of aryl methyl sites for hydroxylation is 1. The molecule has 1 aliphatic rings. The van der Waals surface area contributed by atoms with Crippen LogP contribution in [0.4, 0.5) is 19.7 Å². The van der Waals surface area contributed by atoms with Crippen LogP contribution in [0.5, 0.6) is 11.6 Å². The van der Waals surface area contributed by atoms with Crippen LogP contribution < -0.4 is 41.8 Å². The molecule has 2 unspecified atom stereocenters. The Balaban J connectivity index is 0.781. The highest BCUT2D eigenvalue weighted by atomic mass is 19.1. The number of carbonyl (C=O) groups is 7. The van der Waals surface area contributed by atoms with Crippen LogP contribution in [0.15, 0.2) is 103 Å². The van der Waals surface area contributed by atoms with Gasteiger partial charge in [-0.15, -0.1) is 0 Å². The van der Waals surface area contributed by atoms with Crippen molar-refractivity contribution >= 4 is 58.4 Å². The van der Waals surface area contributed by atoms with Gasteiger partial charge in [0.25, 0.3) is 11.8 Å². The summed E-state index contributed by atoms with van der Waals surface area (Å²) in [5.41, 5.74) is 11.0. The van der Waals surface area contributed by atoms with Crippen molar-refractivity contribution in [3.05, 3.63) is 126 Å². The number of pyridine rings is 1. The lowest BCUT2D eigenvalue weighted by atomic mass is 10.0. The first-order valence-corrected chi connectivity index (χ1v) is 29.2. The van der Waals surface area contributed by atoms with Gasteiger partial charge in [0.1, 0.15) is 36.8 Å². The number of carbonyl (C=O) groups excluding carboxylic acids is 7. The SMILES string of the molecule is Cc1cccc(-c2nc(COc3ccccc3F)[nH]c2-c2ccc3ncc(OCCCCNC(=O)OCc4ccc(NC(=O)C(CCCNC(N)=O)NC(=O)C(NC(=O)CCOCCOCCOCCOCCN5C(=O)C=CC5=O)C(C)C)cc4)nc3c2)n1. The molecule has 7 rings (SSSR count). The van der Waals surface area contributed by atoms with Crippen molar-refractivity contribution in [2.75, 3.05) is 84.4 Å². The maximum Gasteiger partial charge on any atom is 0.407 e. The molecular formula is C62H75FN12O14. The van der Waals surface area contributed by atoms with E-state index in [4.69, 9.17) is 53.8 Å². The number of rotatable bonds is 38. The Morgan fingerprint density at radius 2 is 1.40 bits per heavy atom. The van der Waals surface area contributed by atoms with E-state index in [-0.39, 0.29) is 102 Å². The number of imidazole rings is 1. The highest BCUT2D eigenvalue weighted by Gasteiger charge is 2.29. The molecule has 474 valence electrons. The fourth-order valence-corrected chi connectivity index (χ4v) is 8.76. The number of benzene rings is 3. The summed E-state index contributed by atoms with van der Waals surface area (Å²) in [5.74, 6) is -2.21. The topological polar surface area (TPSA) is 341 Å². The minimum absolute atomic E-state index is 0.0107. The van der Waals surface area contributed by atoms with E-state index in [9.17, 15) is 38.0 Å². The average Bonchev–Trinajstić information content (AvgIpc) is 2.22. The molecule has 3 aromatic carbocycles. The highest BCUT2D eigenvalue weighted by molar-refractivity contribution is 6.12. The summed E-state index contributed by atoms with van der Waals surface area (Å²) in [5, 5.41) is 13.5. The van der Waals surface area contributed by atoms with Crippen molar-refractivity contribution in [3.63, 3.8) is 0 Å². The summed E-state index contributed by atoms with van der Waals surface area (Å²) < 4.78 is 53.3. The van der Waals surface area contributed by atoms with Crippen molar-refractivity contribution < 1.29 is 71.1 Å². The molecule has 0 bridgehead atoms. The van der Waals surface area contributed by atoms with Gasteiger partial charge in [0.05, 0.1) is 94.6 Å². The number of aromatic nitrogens is 5. The molecule has 0 saturated heterocycles. The van der Waals surface area contributed by atoms with Gasteiger partial charge in [-0.05, 0) is 92.6 Å². The number of H-pyrrole nitrogens is 1. The lowest BCUT2D eigenvalue weighted by Crippen LogP contribution is -2.54. The van der Waals surface area contributed by atoms with Crippen molar-refractivity contribution in [2.45, 2.75) is 78.2 Å². The summed E-state index contributed by atoms with van der Waals surface area (Å²) in [6.45, 7) is 8.22. The van der Waals surface area contributed by atoms with Crippen LogP contribution in [0.25, 0.3) is 33.7 Å². The standard InChI is InChI=1S/C62H75FN12O14/c1-40(2)56(74-52(76)23-28-83-30-32-85-34-35-86-33-31-84-29-26-75-54(77)21-22-55(75)78)60(80)71-48(13-9-25-65-61(64)81)59(79)69-44-18-15-42(16-19-44)38-89-62(82)66-24-6-7-27-87-53-37-67-46-20-17-43(36-49(46)70-53)57-58(47-12-8-10-41(3)68-47)73-51(72-57)39-88-50-14-5-4-11-45(50)63/h4-5,8,10-12,14-22,36-37,40,48,56H,6-7,9,13,23-35,38-39H2,1-3H3,(H,66,82)(H,69,79)(H,71,80)(H,72,73)(H,74,76)(H3,64,65,81). The number of halogens is 1. The lowest BCUT2D eigenvalue weighted by Gasteiger charge is -2.25. The molecule has 89 heavy (non-hydrogen) atoms. The summed E-state index contributed by atoms with van der Waals surface area (Å²) >= 11 is 0. The number of hydrogen-bond acceptors (Lipinski definition) is 18. The molecule has 4 heterocycles. The number of primary amides is 1. The normalized spacial score (nSPS) is 12.7. The monoisotopic (exact) mass is 1230 g/mol. The van der Waals surface area contributed by atoms with Gasteiger partial charge in [-0.3, -0.25) is 33.9 Å². The maximum absolute atomic E-state index is 14.3. The van der Waals surface area contributed by atoms with E-state index >= 15 is 0 Å². The molecule has 0 radical (unpaired) electrons. The zero-order valence-electron chi connectivity index (χ0n) is 49.9. The van der Waals surface area contributed by atoms with E-state index in [1.54, 1.807) is 62.5 Å². The smallest absolute Gasteiger partial charge is 0.407 e. The number of ether oxygens (including phenoxy) is 7. The number of para-hydroxylation sites is 1. The fraction of sp³-hybridized carbons (Fsp3) is 0.403. The average molecular weight is 1230 g/mol. The Hall–Kier alpha value is -9.44. The molecule has 26 nitrogen and oxygen atoms in total. The number of aromatic amines is 1. The molecule has 27 heteroatoms. The van der Waals surface area contributed by atoms with Crippen LogP contribution in [-0.2, 0) is 60.9 Å². The third kappa shape index (κ3) is 22.3. The van der Waals surface area contributed by atoms with E-state index < -0.39 is 47.7 Å². The summed E-state index contributed by atoms with van der Waals surface area (Å²) in [6, 6.07) is 21.2. The summed E-state index contributed by atoms with van der Waals surface area (Å²) in [6.07, 6.45) is 4.90. The Bertz CT molecular complexity index is 3350. The third-order valence-corrected chi connectivity index (χ3v) is 13.4. The molecule has 1 aliphatic heterocycles. The minimum atomic E-state index is -1.06. The third-order valence-electron chi connectivity index (χ3n) is 13.4. The molecule has 6 aromatic rings. The number of amides is 8. The number of urea groups is 1. The highest BCUT2D eigenvalue weighted by Crippen LogP contribution is 2.32. The molecule has 0 fully saturated rings. The minimum Gasteiger partial charge on any atom is -0.483 e. The number of anilines is 1. The van der Waals surface area contributed by atoms with Crippen LogP contribution in [0, 0.1) is 18.7 Å². The zero-order chi connectivity index (χ0) is 63.3. The maximum atomic E-state index is 14.3. The van der Waals surface area contributed by atoms with Gasteiger partial charge in [0.2, 0.25) is 23.6 Å².